The van der Waals surface area contributed by atoms with Gasteiger partial charge in [0.2, 0.25) is 0 Å². The molecule has 0 bridgehead atoms. The molecule has 2 nitrogen and oxygen atoms in total. The second-order valence-corrected chi connectivity index (χ2v) is 4.10. The number of hydrogen-bond donors (Lipinski definition) is 1. The van der Waals surface area contributed by atoms with Crippen LogP contribution in [0.5, 0.6) is 5.75 Å². The lowest BCUT2D eigenvalue weighted by molar-refractivity contribution is -0.292. The quantitative estimate of drug-likeness (QED) is 0.856. The Hall–Kier alpha value is -1.44. The molecule has 1 rings (SSSR count). The van der Waals surface area contributed by atoms with E-state index in [9.17, 15) is 26.3 Å². The van der Waals surface area contributed by atoms with Crippen molar-refractivity contribution in [1.29, 1.82) is 0 Å². The van der Waals surface area contributed by atoms with Gasteiger partial charge in [0, 0.05) is 0 Å². The molecule has 1 aromatic carbocycles. The minimum absolute atomic E-state index is 0.118. The van der Waals surface area contributed by atoms with Crippen molar-refractivity contribution in [3.8, 4) is 5.75 Å². The van der Waals surface area contributed by atoms with Crippen LogP contribution in [0.3, 0.4) is 0 Å². The Morgan fingerprint density at radius 1 is 0.950 bits per heavy atom. The van der Waals surface area contributed by atoms with Gasteiger partial charge >= 0.3 is 12.4 Å². The molecule has 20 heavy (non-hydrogen) atoms. The maximum atomic E-state index is 12.7. The second-order valence-electron chi connectivity index (χ2n) is 4.10. The van der Waals surface area contributed by atoms with E-state index < -0.39 is 24.3 Å². The van der Waals surface area contributed by atoms with Crippen molar-refractivity contribution >= 4 is 0 Å². The summed E-state index contributed by atoms with van der Waals surface area (Å²) in [7, 11) is 2.40. The summed E-state index contributed by atoms with van der Waals surface area (Å²) in [6, 6.07) is 3.04. The lowest BCUT2D eigenvalue weighted by Gasteiger charge is -2.30. The molecule has 0 aliphatic heterocycles. The lowest BCUT2D eigenvalue weighted by atomic mass is 9.92. The number of methoxy groups -OCH3 is 1. The highest BCUT2D eigenvalue weighted by atomic mass is 19.4. The van der Waals surface area contributed by atoms with Crippen LogP contribution in [0.1, 0.15) is 11.6 Å². The Labute approximate surface area is 111 Å². The van der Waals surface area contributed by atoms with E-state index in [0.717, 1.165) is 7.05 Å². The van der Waals surface area contributed by atoms with Gasteiger partial charge in [-0.3, -0.25) is 0 Å². The van der Waals surface area contributed by atoms with Crippen molar-refractivity contribution in [2.75, 3.05) is 14.2 Å². The number of hydrogen-bond acceptors (Lipinski definition) is 2. The van der Waals surface area contributed by atoms with E-state index in [1.54, 1.807) is 0 Å². The summed E-state index contributed by atoms with van der Waals surface area (Å²) < 4.78 is 81.0. The van der Waals surface area contributed by atoms with Gasteiger partial charge in [0.1, 0.15) is 5.75 Å². The van der Waals surface area contributed by atoms with Crippen LogP contribution < -0.4 is 10.1 Å². The highest BCUT2D eigenvalue weighted by Gasteiger charge is 2.60. The SMILES string of the molecule is CNC(c1ccc(OC)cc1)C(C(F)(F)F)C(F)(F)F. The molecular formula is C12H13F6NO. The minimum Gasteiger partial charge on any atom is -0.497 e. The van der Waals surface area contributed by atoms with Gasteiger partial charge in [0.15, 0.2) is 5.92 Å². The molecule has 0 heterocycles. The first-order chi connectivity index (χ1) is 9.11. The Bertz CT molecular complexity index is 411. The molecule has 1 N–H and O–H groups in total. The molecule has 1 aromatic rings. The topological polar surface area (TPSA) is 21.3 Å². The van der Waals surface area contributed by atoms with Crippen LogP contribution in [0.25, 0.3) is 0 Å². The molecule has 0 amide bonds. The molecule has 8 heteroatoms. The zero-order valence-electron chi connectivity index (χ0n) is 10.6. The standard InChI is InChI=1S/C12H13F6NO/c1-19-9(7-3-5-8(20-2)6-4-7)10(11(13,14)15)12(16,17)18/h3-6,9-10,19H,1-2H3. The predicted octanol–water partition coefficient (Wildman–Crippen LogP) is 3.70. The Kier molecular flexibility index (Phi) is 4.90. The van der Waals surface area contributed by atoms with Crippen LogP contribution in [-0.2, 0) is 0 Å². The van der Waals surface area contributed by atoms with Gasteiger partial charge in [0.05, 0.1) is 13.2 Å². The van der Waals surface area contributed by atoms with Crippen molar-refractivity contribution in [3.05, 3.63) is 29.8 Å². The van der Waals surface area contributed by atoms with Crippen LogP contribution in [0.4, 0.5) is 26.3 Å². The van der Waals surface area contributed by atoms with E-state index in [0.29, 0.717) is 5.75 Å². The highest BCUT2D eigenvalue weighted by Crippen LogP contribution is 2.46. The number of nitrogens with one attached hydrogen (secondary N) is 1. The first-order valence-electron chi connectivity index (χ1n) is 5.56. The van der Waals surface area contributed by atoms with Crippen LogP contribution in [0.15, 0.2) is 24.3 Å². The van der Waals surface area contributed by atoms with Crippen LogP contribution in [0.2, 0.25) is 0 Å². The number of alkyl halides is 6. The van der Waals surface area contributed by atoms with Gasteiger partial charge in [-0.05, 0) is 24.7 Å². The average molecular weight is 301 g/mol. The number of ether oxygens (including phenoxy) is 1. The molecule has 114 valence electrons. The molecule has 0 saturated carbocycles. The zero-order valence-corrected chi connectivity index (χ0v) is 10.6. The zero-order chi connectivity index (χ0) is 15.6. The molecule has 1 atom stereocenters. The highest BCUT2D eigenvalue weighted by molar-refractivity contribution is 5.30. The summed E-state index contributed by atoms with van der Waals surface area (Å²) >= 11 is 0. The average Bonchev–Trinajstić information content (AvgIpc) is 2.33. The third kappa shape index (κ3) is 3.78. The smallest absolute Gasteiger partial charge is 0.402 e. The van der Waals surface area contributed by atoms with E-state index in [4.69, 9.17) is 4.74 Å². The normalized spacial score (nSPS) is 14.4. The lowest BCUT2D eigenvalue weighted by Crippen LogP contribution is -2.45. The van der Waals surface area contributed by atoms with Crippen LogP contribution >= 0.6 is 0 Å². The molecule has 0 aliphatic carbocycles. The summed E-state index contributed by atoms with van der Waals surface area (Å²) in [5.41, 5.74) is -0.118. The fourth-order valence-corrected chi connectivity index (χ4v) is 1.90. The molecule has 1 unspecified atom stereocenters. The van der Waals surface area contributed by atoms with E-state index >= 15 is 0 Å². The van der Waals surface area contributed by atoms with Gasteiger partial charge in [0.25, 0.3) is 0 Å². The summed E-state index contributed by atoms with van der Waals surface area (Å²) in [5, 5.41) is 2.09. The van der Waals surface area contributed by atoms with Crippen molar-refractivity contribution in [2.24, 2.45) is 5.92 Å². The van der Waals surface area contributed by atoms with Crippen molar-refractivity contribution < 1.29 is 31.1 Å². The van der Waals surface area contributed by atoms with Gasteiger partial charge in [-0.25, -0.2) is 0 Å². The first kappa shape index (κ1) is 16.6. The van der Waals surface area contributed by atoms with Crippen LogP contribution in [0, 0.1) is 5.92 Å². The van der Waals surface area contributed by atoms with Gasteiger partial charge < -0.3 is 10.1 Å². The number of benzene rings is 1. The van der Waals surface area contributed by atoms with Crippen molar-refractivity contribution in [1.82, 2.24) is 5.32 Å². The molecular weight excluding hydrogens is 288 g/mol. The molecule has 0 aromatic heterocycles. The molecule has 0 radical (unpaired) electrons. The summed E-state index contributed by atoms with van der Waals surface area (Å²) in [5.74, 6) is -3.13. The van der Waals surface area contributed by atoms with Gasteiger partial charge in [-0.2, -0.15) is 26.3 Å². The Balaban J connectivity index is 3.19. The van der Waals surface area contributed by atoms with Crippen LogP contribution in [-0.4, -0.2) is 26.5 Å². The monoisotopic (exact) mass is 301 g/mol. The first-order valence-corrected chi connectivity index (χ1v) is 5.56. The number of rotatable bonds is 4. The maximum Gasteiger partial charge on any atom is 0.402 e. The summed E-state index contributed by atoms with van der Waals surface area (Å²) in [4.78, 5) is 0. The fourth-order valence-electron chi connectivity index (χ4n) is 1.90. The fraction of sp³-hybridized carbons (Fsp3) is 0.500. The molecule has 0 aliphatic rings. The molecule has 0 spiro atoms. The van der Waals surface area contributed by atoms with Gasteiger partial charge in [-0.15, -0.1) is 0 Å². The number of halogens is 6. The third-order valence-corrected chi connectivity index (χ3v) is 2.82. The van der Waals surface area contributed by atoms with E-state index in [1.807, 2.05) is 0 Å². The van der Waals surface area contributed by atoms with E-state index in [-0.39, 0.29) is 5.56 Å². The van der Waals surface area contributed by atoms with Crippen molar-refractivity contribution in [2.45, 2.75) is 18.4 Å². The molecule has 0 saturated heterocycles. The predicted molar refractivity (Wildman–Crippen MR) is 60.4 cm³/mol. The minimum atomic E-state index is -5.40. The Morgan fingerprint density at radius 2 is 1.40 bits per heavy atom. The Morgan fingerprint density at radius 3 is 1.70 bits per heavy atom. The largest absolute Gasteiger partial charge is 0.497 e. The molecule has 0 fully saturated rings. The van der Waals surface area contributed by atoms with Gasteiger partial charge in [-0.1, -0.05) is 12.1 Å². The van der Waals surface area contributed by atoms with E-state index in [2.05, 4.69) is 5.32 Å². The van der Waals surface area contributed by atoms with E-state index in [1.165, 1.54) is 31.4 Å². The maximum absolute atomic E-state index is 12.7. The second kappa shape index (κ2) is 5.90. The third-order valence-electron chi connectivity index (χ3n) is 2.82. The van der Waals surface area contributed by atoms with Crippen molar-refractivity contribution in [3.63, 3.8) is 0 Å². The summed E-state index contributed by atoms with van der Waals surface area (Å²) in [6.45, 7) is 0. The summed E-state index contributed by atoms with van der Waals surface area (Å²) in [6.07, 6.45) is -10.8.